The van der Waals surface area contributed by atoms with Crippen LogP contribution in [0.2, 0.25) is 0 Å². The van der Waals surface area contributed by atoms with Crippen LogP contribution in [0.5, 0.6) is 0 Å². The Morgan fingerprint density at radius 3 is 2.44 bits per heavy atom. The average Bonchev–Trinajstić information content (AvgIpc) is 2.17. The summed E-state index contributed by atoms with van der Waals surface area (Å²) in [6.07, 6.45) is -5.52. The van der Waals surface area contributed by atoms with Crippen LogP contribution in [0.25, 0.3) is 0 Å². The molecule has 0 bridgehead atoms. The Hall–Kier alpha value is -1.11. The van der Waals surface area contributed by atoms with Gasteiger partial charge in [0.25, 0.3) is 0 Å². The van der Waals surface area contributed by atoms with Crippen molar-refractivity contribution >= 4 is 16.5 Å². The molecule has 1 aromatic rings. The molecule has 1 aromatic carbocycles. The highest BCUT2D eigenvalue weighted by atomic mass is 32.2. The van der Waals surface area contributed by atoms with E-state index in [1.165, 1.54) is 12.1 Å². The van der Waals surface area contributed by atoms with Crippen molar-refractivity contribution in [2.75, 3.05) is 11.5 Å². The number of halogens is 4. The van der Waals surface area contributed by atoms with Crippen molar-refractivity contribution in [3.63, 3.8) is 0 Å². The number of nitrogen functional groups attached to an aromatic ring is 1. The van der Waals surface area contributed by atoms with Gasteiger partial charge in [-0.2, -0.15) is 13.2 Å². The first kappa shape index (κ1) is 13.0. The second kappa shape index (κ2) is 4.82. The lowest BCUT2D eigenvalue weighted by molar-refractivity contribution is -0.129. The van der Waals surface area contributed by atoms with Gasteiger partial charge in [0.15, 0.2) is 0 Å². The normalized spacial score (nSPS) is 13.8. The van der Waals surface area contributed by atoms with E-state index in [0.29, 0.717) is 0 Å². The summed E-state index contributed by atoms with van der Waals surface area (Å²) in [5.41, 5.74) is 5.05. The van der Waals surface area contributed by atoms with Gasteiger partial charge in [-0.1, -0.05) is 0 Å². The highest BCUT2D eigenvalue weighted by molar-refractivity contribution is 7.85. The molecule has 0 fully saturated rings. The molecule has 1 unspecified atom stereocenters. The van der Waals surface area contributed by atoms with Gasteiger partial charge in [0, 0.05) is 10.6 Å². The van der Waals surface area contributed by atoms with Crippen molar-refractivity contribution in [1.82, 2.24) is 0 Å². The number of hydrogen-bond acceptors (Lipinski definition) is 2. The number of nitrogens with two attached hydrogens (primary N) is 1. The maximum atomic E-state index is 12.9. The summed E-state index contributed by atoms with van der Waals surface area (Å²) in [5.74, 6) is -1.36. The van der Waals surface area contributed by atoms with Crippen LogP contribution in [0.15, 0.2) is 23.1 Å². The summed E-state index contributed by atoms with van der Waals surface area (Å²) < 4.78 is 59.8. The first-order valence-corrected chi connectivity index (χ1v) is 5.61. The monoisotopic (exact) mass is 255 g/mol. The molecular formula is C9H9F4NOS. The van der Waals surface area contributed by atoms with Crippen molar-refractivity contribution < 1.29 is 21.8 Å². The minimum absolute atomic E-state index is 0.0101. The van der Waals surface area contributed by atoms with Crippen molar-refractivity contribution in [3.05, 3.63) is 24.0 Å². The smallest absolute Gasteiger partial charge is 0.390 e. The van der Waals surface area contributed by atoms with Crippen molar-refractivity contribution in [2.24, 2.45) is 0 Å². The maximum Gasteiger partial charge on any atom is 0.390 e. The summed E-state index contributed by atoms with van der Waals surface area (Å²) in [4.78, 5) is 0.0101. The van der Waals surface area contributed by atoms with Crippen LogP contribution in [0.1, 0.15) is 6.42 Å². The molecule has 0 aliphatic heterocycles. The number of rotatable bonds is 3. The fraction of sp³-hybridized carbons (Fsp3) is 0.333. The van der Waals surface area contributed by atoms with E-state index < -0.39 is 35.0 Å². The maximum absolute atomic E-state index is 12.9. The number of anilines is 1. The quantitative estimate of drug-likeness (QED) is 0.666. The standard InChI is InChI=1S/C9H9F4NOS/c10-7-5-6(1-2-8(7)14)16(15)4-3-9(11,12)13/h1-2,5H,3-4,14H2. The minimum Gasteiger partial charge on any atom is -0.396 e. The van der Waals surface area contributed by atoms with E-state index in [-0.39, 0.29) is 10.6 Å². The molecule has 1 atom stereocenters. The lowest BCUT2D eigenvalue weighted by Gasteiger charge is -2.06. The molecule has 0 spiro atoms. The van der Waals surface area contributed by atoms with E-state index >= 15 is 0 Å². The predicted octanol–water partition coefficient (Wildman–Crippen LogP) is 2.47. The summed E-state index contributed by atoms with van der Waals surface area (Å²) in [7, 11) is -1.86. The fourth-order valence-corrected chi connectivity index (χ4v) is 2.08. The van der Waals surface area contributed by atoms with Gasteiger partial charge in [-0.05, 0) is 18.2 Å². The zero-order valence-electron chi connectivity index (χ0n) is 8.05. The van der Waals surface area contributed by atoms with Crippen molar-refractivity contribution in [3.8, 4) is 0 Å². The van der Waals surface area contributed by atoms with Gasteiger partial charge < -0.3 is 5.73 Å². The van der Waals surface area contributed by atoms with Gasteiger partial charge in [-0.15, -0.1) is 0 Å². The van der Waals surface area contributed by atoms with E-state index in [9.17, 15) is 21.8 Å². The number of benzene rings is 1. The third-order valence-electron chi connectivity index (χ3n) is 1.81. The molecule has 0 amide bonds. The molecule has 0 saturated carbocycles. The Morgan fingerprint density at radius 1 is 1.31 bits per heavy atom. The lowest BCUT2D eigenvalue weighted by atomic mass is 10.3. The third-order valence-corrected chi connectivity index (χ3v) is 3.16. The van der Waals surface area contributed by atoms with Crippen LogP contribution in [0.4, 0.5) is 23.2 Å². The fourth-order valence-electron chi connectivity index (χ4n) is 0.976. The Kier molecular flexibility index (Phi) is 3.90. The van der Waals surface area contributed by atoms with Crippen LogP contribution in [0.3, 0.4) is 0 Å². The van der Waals surface area contributed by atoms with Gasteiger partial charge >= 0.3 is 6.18 Å². The third kappa shape index (κ3) is 3.80. The molecular weight excluding hydrogens is 246 g/mol. The van der Waals surface area contributed by atoms with Gasteiger partial charge in [0.1, 0.15) is 5.82 Å². The molecule has 0 saturated heterocycles. The summed E-state index contributed by atoms with van der Waals surface area (Å²) in [6, 6.07) is 3.32. The van der Waals surface area contributed by atoms with E-state index in [1.807, 2.05) is 0 Å². The van der Waals surface area contributed by atoms with Crippen LogP contribution in [0, 0.1) is 5.82 Å². The van der Waals surface area contributed by atoms with E-state index in [0.717, 1.165) is 6.07 Å². The summed E-state index contributed by atoms with van der Waals surface area (Å²) >= 11 is 0. The van der Waals surface area contributed by atoms with Gasteiger partial charge in [-0.3, -0.25) is 4.21 Å². The van der Waals surface area contributed by atoms with Gasteiger partial charge in [0.2, 0.25) is 0 Å². The molecule has 7 heteroatoms. The average molecular weight is 255 g/mol. The molecule has 0 aliphatic carbocycles. The first-order chi connectivity index (χ1) is 7.29. The van der Waals surface area contributed by atoms with Crippen LogP contribution >= 0.6 is 0 Å². The molecule has 16 heavy (non-hydrogen) atoms. The minimum atomic E-state index is -4.36. The van der Waals surface area contributed by atoms with E-state index in [1.54, 1.807) is 0 Å². The Bertz CT molecular complexity index is 405. The molecule has 1 rings (SSSR count). The highest BCUT2D eigenvalue weighted by Crippen LogP contribution is 2.22. The second-order valence-electron chi connectivity index (χ2n) is 3.10. The van der Waals surface area contributed by atoms with Crippen LogP contribution in [-0.2, 0) is 10.8 Å². The molecule has 0 heterocycles. The van der Waals surface area contributed by atoms with E-state index in [2.05, 4.69) is 0 Å². The highest BCUT2D eigenvalue weighted by Gasteiger charge is 2.27. The van der Waals surface area contributed by atoms with Crippen molar-refractivity contribution in [1.29, 1.82) is 0 Å². The molecule has 0 radical (unpaired) electrons. The van der Waals surface area contributed by atoms with Crippen molar-refractivity contribution in [2.45, 2.75) is 17.5 Å². The lowest BCUT2D eigenvalue weighted by Crippen LogP contribution is -2.12. The van der Waals surface area contributed by atoms with Gasteiger partial charge in [-0.25, -0.2) is 4.39 Å². The predicted molar refractivity (Wildman–Crippen MR) is 52.8 cm³/mol. The molecule has 90 valence electrons. The topological polar surface area (TPSA) is 43.1 Å². The number of alkyl halides is 3. The Balaban J connectivity index is 2.70. The Labute approximate surface area is 91.9 Å². The van der Waals surface area contributed by atoms with Crippen LogP contribution in [-0.4, -0.2) is 16.1 Å². The van der Waals surface area contributed by atoms with Crippen LogP contribution < -0.4 is 5.73 Å². The first-order valence-electron chi connectivity index (χ1n) is 4.30. The second-order valence-corrected chi connectivity index (χ2v) is 4.67. The molecule has 2 N–H and O–H groups in total. The van der Waals surface area contributed by atoms with E-state index in [4.69, 9.17) is 5.73 Å². The largest absolute Gasteiger partial charge is 0.396 e. The summed E-state index contributed by atoms with van der Waals surface area (Å²) in [5, 5.41) is 0. The zero-order chi connectivity index (χ0) is 12.3. The molecule has 2 nitrogen and oxygen atoms in total. The molecule has 0 aliphatic rings. The van der Waals surface area contributed by atoms with Gasteiger partial charge in [0.05, 0.1) is 22.9 Å². The number of hydrogen-bond donors (Lipinski definition) is 1. The molecule has 0 aromatic heterocycles. The SMILES string of the molecule is Nc1ccc(S(=O)CCC(F)(F)F)cc1F. The summed E-state index contributed by atoms with van der Waals surface area (Å²) in [6.45, 7) is 0. The zero-order valence-corrected chi connectivity index (χ0v) is 8.87. The Morgan fingerprint density at radius 2 is 1.94 bits per heavy atom.